The van der Waals surface area contributed by atoms with Crippen LogP contribution >= 0.6 is 12.2 Å². The van der Waals surface area contributed by atoms with Crippen molar-refractivity contribution in [2.24, 2.45) is 0 Å². The molecule has 1 aromatic carbocycles. The van der Waals surface area contributed by atoms with Gasteiger partial charge in [-0.1, -0.05) is 59.1 Å². The highest BCUT2D eigenvalue weighted by Crippen LogP contribution is 2.06. The molecule has 0 bridgehead atoms. The number of hydrogen-bond donors (Lipinski definition) is 1. The summed E-state index contributed by atoms with van der Waals surface area (Å²) in [6.07, 6.45) is 1.27. The van der Waals surface area contributed by atoms with Gasteiger partial charge in [-0.05, 0) is 120 Å². The van der Waals surface area contributed by atoms with Crippen molar-refractivity contribution in [3.63, 3.8) is 0 Å². The van der Waals surface area contributed by atoms with Crippen LogP contribution in [0.25, 0.3) is 0 Å². The van der Waals surface area contributed by atoms with Crippen LogP contribution in [0, 0.1) is 0 Å². The van der Waals surface area contributed by atoms with Gasteiger partial charge in [-0.15, -0.1) is 0 Å². The summed E-state index contributed by atoms with van der Waals surface area (Å²) in [5.74, 6) is 2.18. The minimum Gasteiger partial charge on any atom is -0.383 e. The van der Waals surface area contributed by atoms with Crippen molar-refractivity contribution in [2.45, 2.75) is 54.9 Å². The van der Waals surface area contributed by atoms with Crippen LogP contribution in [0.2, 0.25) is 0 Å². The Morgan fingerprint density at radius 2 is 1.01 bits per heavy atom. The fraction of sp³-hybridized carbons (Fsp3) is 0.778. The van der Waals surface area contributed by atoms with Crippen molar-refractivity contribution in [3.8, 4) is 0 Å². The zero-order valence-electron chi connectivity index (χ0n) is 50.7. The average Bonchev–Trinajstić information content (AvgIpc) is 3.36. The van der Waals surface area contributed by atoms with Crippen molar-refractivity contribution in [1.82, 2.24) is 58.8 Å². The third kappa shape index (κ3) is 52.9. The summed E-state index contributed by atoms with van der Waals surface area (Å²) in [6.45, 7) is 41.0. The van der Waals surface area contributed by atoms with Gasteiger partial charge in [0.05, 0.1) is 31.5 Å². The average molecular weight is 1030 g/mol. The molecule has 1 aliphatic rings. The second-order valence-electron chi connectivity index (χ2n) is 18.5. The van der Waals surface area contributed by atoms with Gasteiger partial charge >= 0.3 is 0 Å². The lowest BCUT2D eigenvalue weighted by molar-refractivity contribution is -0.127. The molecular formula is C54H117N13O3S. The van der Waals surface area contributed by atoms with E-state index in [0.29, 0.717) is 0 Å². The van der Waals surface area contributed by atoms with Gasteiger partial charge in [0.25, 0.3) is 0 Å². The number of amides is 1. The fourth-order valence-electron chi connectivity index (χ4n) is 4.99. The van der Waals surface area contributed by atoms with Crippen LogP contribution in [-0.2, 0) is 14.3 Å². The van der Waals surface area contributed by atoms with Crippen LogP contribution < -0.4 is 5.32 Å². The molecule has 0 aromatic heterocycles. The standard InChI is InChI=1S/C10H14N2S.C9H21N3.C9H20N2O.C8H18N2O.C7H18N2.C6H15N.C5H11NO/c1-3-12(2)10(13)11-9-7-5-4-6-8-9;1-9(11(4)5)12(6)8-7-10(2)3;1-3-10(2)4-5-11-6-8-12-9-7-11;1-8(9(2)3)10(4)6-7-11-5;1-5-9(4)7-6-8(2)3;1-4-6-7(3)5-2;1-4-6(3)5(2)7/h4-8H,3H2,1-2H3,(H,11,13);1,7-8H2,2-6H3;3-9H2,1-2H3;1,6-7H2,2-5H3;5-7H2,1-4H3;4-6H2,1-3H3;4H2,1-3H3. The molecule has 0 aliphatic carbocycles. The predicted molar refractivity (Wildman–Crippen MR) is 317 cm³/mol. The Morgan fingerprint density at radius 1 is 0.592 bits per heavy atom. The Labute approximate surface area is 446 Å². The van der Waals surface area contributed by atoms with Gasteiger partial charge in [-0.3, -0.25) is 9.69 Å². The molecule has 1 amide bonds. The summed E-state index contributed by atoms with van der Waals surface area (Å²) in [4.78, 5) is 35.9. The molecular weight excluding hydrogens is 911 g/mol. The van der Waals surface area contributed by atoms with E-state index in [2.05, 4.69) is 149 Å². The van der Waals surface area contributed by atoms with Gasteiger partial charge in [0.15, 0.2) is 5.11 Å². The number of benzene rings is 1. The zero-order valence-corrected chi connectivity index (χ0v) is 51.6. The molecule has 1 heterocycles. The smallest absolute Gasteiger partial charge is 0.219 e. The monoisotopic (exact) mass is 1030 g/mol. The highest BCUT2D eigenvalue weighted by Gasteiger charge is 2.10. The van der Waals surface area contributed by atoms with Crippen LogP contribution in [0.4, 0.5) is 5.69 Å². The molecule has 1 aromatic rings. The number of nitrogens with zero attached hydrogens (tertiary/aromatic N) is 12. The quantitative estimate of drug-likeness (QED) is 0.122. The number of methoxy groups -OCH3 is 1. The molecule has 0 atom stereocenters. The molecule has 0 saturated carbocycles. The number of carbonyl (C=O) groups is 1. The van der Waals surface area contributed by atoms with Gasteiger partial charge in [0.2, 0.25) is 5.91 Å². The van der Waals surface area contributed by atoms with Crippen LogP contribution in [-0.4, -0.2) is 301 Å². The highest BCUT2D eigenvalue weighted by atomic mass is 32.1. The molecule has 0 unspecified atom stereocenters. The number of hydrogen-bond acceptors (Lipinski definition) is 14. The van der Waals surface area contributed by atoms with Crippen LogP contribution in [0.15, 0.2) is 55.1 Å². The number of carbonyl (C=O) groups excluding carboxylic acids is 1. The molecule has 0 radical (unpaired) electrons. The molecule has 422 valence electrons. The molecule has 17 heteroatoms. The van der Waals surface area contributed by atoms with E-state index in [1.165, 1.54) is 39.1 Å². The van der Waals surface area contributed by atoms with E-state index in [1.807, 2.05) is 94.2 Å². The third-order valence-corrected chi connectivity index (χ3v) is 11.8. The minimum absolute atomic E-state index is 0.127. The number of thiocarbonyl (C=S) groups is 1. The molecule has 1 saturated heterocycles. The van der Waals surface area contributed by atoms with E-state index >= 15 is 0 Å². The Hall–Kier alpha value is -3.26. The molecule has 1 fully saturated rings. The summed E-state index contributed by atoms with van der Waals surface area (Å²) >= 11 is 5.17. The van der Waals surface area contributed by atoms with Gasteiger partial charge in [-0.25, -0.2) is 0 Å². The van der Waals surface area contributed by atoms with E-state index < -0.39 is 0 Å². The maximum atomic E-state index is 10.3. The Balaban J connectivity index is -0.000000241. The maximum absolute atomic E-state index is 10.3. The number of ether oxygens (including phenoxy) is 2. The summed E-state index contributed by atoms with van der Waals surface area (Å²) in [5, 5.41) is 3.91. The first-order valence-corrected chi connectivity index (χ1v) is 26.2. The van der Waals surface area contributed by atoms with E-state index in [1.54, 1.807) is 26.0 Å². The van der Waals surface area contributed by atoms with E-state index in [-0.39, 0.29) is 5.91 Å². The number of likely N-dealkylation sites (N-methyl/N-ethyl adjacent to an activating group) is 6. The van der Waals surface area contributed by atoms with Crippen LogP contribution in [0.1, 0.15) is 54.9 Å². The maximum Gasteiger partial charge on any atom is 0.219 e. The van der Waals surface area contributed by atoms with Crippen molar-refractivity contribution in [3.05, 3.63) is 55.1 Å². The number of nitrogens with one attached hydrogen (secondary N) is 1. The van der Waals surface area contributed by atoms with Gasteiger partial charge in [0, 0.05) is 148 Å². The van der Waals surface area contributed by atoms with Gasteiger partial charge in [0.1, 0.15) is 0 Å². The molecule has 71 heavy (non-hydrogen) atoms. The Morgan fingerprint density at radius 3 is 1.37 bits per heavy atom. The van der Waals surface area contributed by atoms with E-state index in [0.717, 1.165) is 108 Å². The van der Waals surface area contributed by atoms with Crippen molar-refractivity contribution in [2.75, 3.05) is 236 Å². The van der Waals surface area contributed by atoms with E-state index in [9.17, 15) is 4.79 Å². The number of anilines is 1. The van der Waals surface area contributed by atoms with Gasteiger partial charge < -0.3 is 68.7 Å². The topological polar surface area (TPSA) is 86.4 Å². The van der Waals surface area contributed by atoms with Crippen molar-refractivity contribution < 1.29 is 14.3 Å². The first-order valence-electron chi connectivity index (χ1n) is 25.8. The zero-order chi connectivity index (χ0) is 55.9. The normalized spacial score (nSPS) is 11.6. The Bertz CT molecular complexity index is 1360. The van der Waals surface area contributed by atoms with Crippen molar-refractivity contribution in [1.29, 1.82) is 0 Å². The van der Waals surface area contributed by atoms with E-state index in [4.69, 9.17) is 21.7 Å². The lowest BCUT2D eigenvalue weighted by Gasteiger charge is -2.28. The summed E-state index contributed by atoms with van der Waals surface area (Å²) in [7, 11) is 32.3. The molecule has 1 N–H and O–H groups in total. The third-order valence-electron chi connectivity index (χ3n) is 11.3. The second-order valence-corrected chi connectivity index (χ2v) is 18.9. The molecule has 1 aliphatic heterocycles. The molecule has 2 rings (SSSR count). The number of rotatable bonds is 24. The SMILES string of the molecule is C=C(N(C)C)N(C)CCN(C)C.C=C(N(C)C)N(C)CCOC.CCCN(C)CC.CCN(C)C(=S)Nc1ccccc1.CCN(C)C(C)=O.CCN(C)CCN(C)C.CCN(C)CCN1CCOCC1. The van der Waals surface area contributed by atoms with Gasteiger partial charge in [-0.2, -0.15) is 0 Å². The lowest BCUT2D eigenvalue weighted by atomic mass is 10.3. The second kappa shape index (κ2) is 51.6. The summed E-state index contributed by atoms with van der Waals surface area (Å²) in [6, 6.07) is 9.94. The largest absolute Gasteiger partial charge is 0.383 e. The first-order chi connectivity index (χ1) is 33.3. The van der Waals surface area contributed by atoms with Crippen molar-refractivity contribution >= 4 is 28.9 Å². The predicted octanol–water partition coefficient (Wildman–Crippen LogP) is 6.05. The molecule has 16 nitrogen and oxygen atoms in total. The Kier molecular flexibility index (Phi) is 55.7. The summed E-state index contributed by atoms with van der Waals surface area (Å²) < 4.78 is 10.2. The highest BCUT2D eigenvalue weighted by molar-refractivity contribution is 7.80. The number of morpholine rings is 1. The minimum atomic E-state index is 0.127. The summed E-state index contributed by atoms with van der Waals surface area (Å²) in [5.41, 5.74) is 1.04. The fourth-order valence-corrected chi connectivity index (χ4v) is 5.24. The molecule has 0 spiro atoms. The lowest BCUT2D eigenvalue weighted by Crippen LogP contribution is -2.40. The van der Waals surface area contributed by atoms with Crippen LogP contribution in [0.3, 0.4) is 0 Å². The van der Waals surface area contributed by atoms with Crippen LogP contribution in [0.5, 0.6) is 0 Å². The number of para-hydroxylation sites is 1. The first kappa shape index (κ1) is 76.7.